The molecular formula is C14H9ClN6O3. The Morgan fingerprint density at radius 3 is 2.62 bits per heavy atom. The van der Waals surface area contributed by atoms with Crippen molar-refractivity contribution in [3.05, 3.63) is 69.8 Å². The zero-order chi connectivity index (χ0) is 17.1. The van der Waals surface area contributed by atoms with Crippen LogP contribution in [0.1, 0.15) is 10.4 Å². The van der Waals surface area contributed by atoms with E-state index >= 15 is 0 Å². The van der Waals surface area contributed by atoms with Gasteiger partial charge in [0.1, 0.15) is 0 Å². The van der Waals surface area contributed by atoms with Crippen LogP contribution in [-0.2, 0) is 0 Å². The third kappa shape index (κ3) is 3.20. The lowest BCUT2D eigenvalue weighted by Gasteiger charge is -2.07. The Labute approximate surface area is 140 Å². The van der Waals surface area contributed by atoms with Gasteiger partial charge in [-0.3, -0.25) is 14.9 Å². The van der Waals surface area contributed by atoms with Gasteiger partial charge in [-0.1, -0.05) is 11.6 Å². The van der Waals surface area contributed by atoms with E-state index in [2.05, 4.69) is 20.4 Å². The summed E-state index contributed by atoms with van der Waals surface area (Å²) in [5.74, 6) is -0.170. The lowest BCUT2D eigenvalue weighted by Crippen LogP contribution is -2.13. The molecular weight excluding hydrogens is 336 g/mol. The normalized spacial score (nSPS) is 10.4. The number of halogens is 1. The molecule has 0 bridgehead atoms. The van der Waals surface area contributed by atoms with Gasteiger partial charge in [0, 0.05) is 24.5 Å². The summed E-state index contributed by atoms with van der Waals surface area (Å²) < 4.78 is 1.47. The molecule has 10 heteroatoms. The minimum atomic E-state index is -0.588. The van der Waals surface area contributed by atoms with Crippen molar-refractivity contribution in [1.29, 1.82) is 0 Å². The van der Waals surface area contributed by atoms with E-state index in [-0.39, 0.29) is 16.3 Å². The van der Waals surface area contributed by atoms with Crippen LogP contribution in [0.4, 0.5) is 11.4 Å². The monoisotopic (exact) mass is 344 g/mol. The number of hydrogen-bond acceptors (Lipinski definition) is 6. The van der Waals surface area contributed by atoms with Crippen molar-refractivity contribution in [1.82, 2.24) is 19.7 Å². The van der Waals surface area contributed by atoms with Gasteiger partial charge in [0.15, 0.2) is 0 Å². The molecule has 0 aliphatic heterocycles. The minimum Gasteiger partial charge on any atom is -0.319 e. The van der Waals surface area contributed by atoms with Gasteiger partial charge in [0.05, 0.1) is 33.6 Å². The molecule has 2 heterocycles. The highest BCUT2D eigenvalue weighted by molar-refractivity contribution is 6.34. The van der Waals surface area contributed by atoms with Gasteiger partial charge in [0.25, 0.3) is 17.5 Å². The molecule has 0 spiro atoms. The van der Waals surface area contributed by atoms with E-state index in [1.165, 1.54) is 29.2 Å². The molecule has 1 amide bonds. The molecule has 0 saturated carbocycles. The maximum atomic E-state index is 12.2. The molecule has 120 valence electrons. The van der Waals surface area contributed by atoms with Crippen molar-refractivity contribution < 1.29 is 9.72 Å². The molecule has 0 unspecified atom stereocenters. The zero-order valence-electron chi connectivity index (χ0n) is 12.0. The van der Waals surface area contributed by atoms with E-state index in [4.69, 9.17) is 11.6 Å². The molecule has 24 heavy (non-hydrogen) atoms. The fraction of sp³-hybridized carbons (Fsp3) is 0. The summed E-state index contributed by atoms with van der Waals surface area (Å²) in [6.45, 7) is 0. The third-order valence-corrected chi connectivity index (χ3v) is 3.33. The second-order valence-electron chi connectivity index (χ2n) is 4.60. The van der Waals surface area contributed by atoms with Gasteiger partial charge in [-0.2, -0.15) is 5.10 Å². The first-order valence-corrected chi connectivity index (χ1v) is 7.00. The standard InChI is InChI=1S/C14H9ClN6O3/c15-12-6-10(21(23)24)2-3-11(12)13(22)19-9-7-16-14(17-8-9)20-5-1-4-18-20/h1-8H,(H,19,22). The van der Waals surface area contributed by atoms with Crippen molar-refractivity contribution in [2.24, 2.45) is 0 Å². The highest BCUT2D eigenvalue weighted by atomic mass is 35.5. The fourth-order valence-corrected chi connectivity index (χ4v) is 2.15. The largest absolute Gasteiger partial charge is 0.319 e. The summed E-state index contributed by atoms with van der Waals surface area (Å²) in [5, 5.41) is 17.2. The maximum absolute atomic E-state index is 12.2. The van der Waals surface area contributed by atoms with Gasteiger partial charge in [-0.05, 0) is 12.1 Å². The summed E-state index contributed by atoms with van der Waals surface area (Å²) in [6.07, 6.45) is 6.11. The highest BCUT2D eigenvalue weighted by Gasteiger charge is 2.15. The third-order valence-electron chi connectivity index (χ3n) is 3.01. The number of nitrogens with zero attached hydrogens (tertiary/aromatic N) is 5. The van der Waals surface area contributed by atoms with Gasteiger partial charge < -0.3 is 5.32 Å². The minimum absolute atomic E-state index is 0.0178. The van der Waals surface area contributed by atoms with Gasteiger partial charge in [-0.25, -0.2) is 14.6 Å². The predicted molar refractivity (Wildman–Crippen MR) is 85.2 cm³/mol. The SMILES string of the molecule is O=C(Nc1cnc(-n2cccn2)nc1)c1ccc([N+](=O)[O-])cc1Cl. The zero-order valence-corrected chi connectivity index (χ0v) is 12.7. The second-order valence-corrected chi connectivity index (χ2v) is 5.00. The molecule has 0 fully saturated rings. The lowest BCUT2D eigenvalue weighted by molar-refractivity contribution is -0.384. The maximum Gasteiger partial charge on any atom is 0.270 e. The quantitative estimate of drug-likeness (QED) is 0.574. The Morgan fingerprint density at radius 2 is 2.04 bits per heavy atom. The number of hydrogen-bond donors (Lipinski definition) is 1. The Hall–Kier alpha value is -3.33. The Bertz CT molecular complexity index is 895. The van der Waals surface area contributed by atoms with E-state index in [0.717, 1.165) is 6.07 Å². The van der Waals surface area contributed by atoms with Crippen LogP contribution in [0.3, 0.4) is 0 Å². The molecule has 9 nitrogen and oxygen atoms in total. The first kappa shape index (κ1) is 15.6. The van der Waals surface area contributed by atoms with E-state index in [0.29, 0.717) is 11.6 Å². The molecule has 0 saturated heterocycles. The summed E-state index contributed by atoms with van der Waals surface area (Å²) in [6, 6.07) is 5.34. The van der Waals surface area contributed by atoms with E-state index < -0.39 is 10.8 Å². The molecule has 0 aliphatic rings. The molecule has 1 N–H and O–H groups in total. The molecule has 3 aromatic rings. The van der Waals surface area contributed by atoms with E-state index in [9.17, 15) is 14.9 Å². The van der Waals surface area contributed by atoms with Crippen molar-refractivity contribution in [2.75, 3.05) is 5.32 Å². The molecule has 0 radical (unpaired) electrons. The number of benzene rings is 1. The number of nitro groups is 1. The van der Waals surface area contributed by atoms with Gasteiger partial charge in [0.2, 0.25) is 0 Å². The molecule has 1 aromatic carbocycles. The summed E-state index contributed by atoms with van der Waals surface area (Å²) >= 11 is 5.92. The van der Waals surface area contributed by atoms with Gasteiger partial charge in [-0.15, -0.1) is 0 Å². The topological polar surface area (TPSA) is 116 Å². The highest BCUT2D eigenvalue weighted by Crippen LogP contribution is 2.23. The summed E-state index contributed by atoms with van der Waals surface area (Å²) in [4.78, 5) is 30.4. The molecule has 2 aromatic heterocycles. The van der Waals surface area contributed by atoms with Crippen molar-refractivity contribution >= 4 is 28.9 Å². The van der Waals surface area contributed by atoms with E-state index in [1.54, 1.807) is 18.5 Å². The average Bonchev–Trinajstić information content (AvgIpc) is 3.09. The van der Waals surface area contributed by atoms with Crippen LogP contribution >= 0.6 is 11.6 Å². The first-order chi connectivity index (χ1) is 11.5. The Balaban J connectivity index is 1.76. The summed E-state index contributed by atoms with van der Waals surface area (Å²) in [7, 11) is 0. The average molecular weight is 345 g/mol. The smallest absolute Gasteiger partial charge is 0.270 e. The van der Waals surface area contributed by atoms with Crippen LogP contribution in [-0.4, -0.2) is 30.6 Å². The van der Waals surface area contributed by atoms with Crippen molar-refractivity contribution in [3.63, 3.8) is 0 Å². The van der Waals surface area contributed by atoms with Crippen LogP contribution in [0, 0.1) is 10.1 Å². The van der Waals surface area contributed by atoms with Crippen LogP contribution in [0.25, 0.3) is 5.95 Å². The number of carbonyl (C=O) groups is 1. The van der Waals surface area contributed by atoms with Crippen molar-refractivity contribution in [2.45, 2.75) is 0 Å². The van der Waals surface area contributed by atoms with Crippen molar-refractivity contribution in [3.8, 4) is 5.95 Å². The number of non-ortho nitro benzene ring substituents is 1. The van der Waals surface area contributed by atoms with Gasteiger partial charge >= 0.3 is 0 Å². The lowest BCUT2D eigenvalue weighted by atomic mass is 10.2. The second kappa shape index (κ2) is 6.42. The number of amides is 1. The number of carbonyl (C=O) groups excluding carboxylic acids is 1. The van der Waals surface area contributed by atoms with Crippen LogP contribution in [0.5, 0.6) is 0 Å². The molecule has 0 atom stereocenters. The Kier molecular flexibility index (Phi) is 4.17. The van der Waals surface area contributed by atoms with Crippen LogP contribution in [0.2, 0.25) is 5.02 Å². The first-order valence-electron chi connectivity index (χ1n) is 6.62. The molecule has 0 aliphatic carbocycles. The number of anilines is 1. The number of rotatable bonds is 4. The Morgan fingerprint density at radius 1 is 1.29 bits per heavy atom. The van der Waals surface area contributed by atoms with E-state index in [1.807, 2.05) is 0 Å². The summed E-state index contributed by atoms with van der Waals surface area (Å²) in [5.41, 5.74) is 0.271. The van der Waals surface area contributed by atoms with Crippen LogP contribution in [0.15, 0.2) is 49.1 Å². The number of nitrogens with one attached hydrogen (secondary N) is 1. The number of aromatic nitrogens is 4. The predicted octanol–water partition coefficient (Wildman–Crippen LogP) is 2.48. The number of nitro benzene ring substituents is 1. The fourth-order valence-electron chi connectivity index (χ4n) is 1.89. The van der Waals surface area contributed by atoms with Crippen LogP contribution < -0.4 is 5.32 Å². The molecule has 3 rings (SSSR count).